The highest BCUT2D eigenvalue weighted by molar-refractivity contribution is 7.91. The zero-order valence-corrected chi connectivity index (χ0v) is 12.6. The lowest BCUT2D eigenvalue weighted by Crippen LogP contribution is -2.35. The monoisotopic (exact) mass is 291 g/mol. The number of hydrogen-bond donors (Lipinski definition) is 2. The van der Waals surface area contributed by atoms with Gasteiger partial charge in [0.1, 0.15) is 4.21 Å². The zero-order chi connectivity index (χ0) is 13.8. The number of nitrogens with zero attached hydrogens (tertiary/aromatic N) is 1. The molecule has 0 aromatic carbocycles. The zero-order valence-electron chi connectivity index (χ0n) is 11.0. The maximum absolute atomic E-state index is 12.0. The third-order valence-electron chi connectivity index (χ3n) is 2.74. The van der Waals surface area contributed by atoms with Crippen molar-refractivity contribution in [3.63, 3.8) is 0 Å². The summed E-state index contributed by atoms with van der Waals surface area (Å²) in [7, 11) is -1.42. The van der Waals surface area contributed by atoms with Crippen LogP contribution >= 0.6 is 11.3 Å². The Morgan fingerprint density at radius 1 is 1.44 bits per heavy atom. The van der Waals surface area contributed by atoms with Gasteiger partial charge in [-0.25, -0.2) is 13.1 Å². The molecule has 0 aliphatic heterocycles. The second kappa shape index (κ2) is 6.63. The molecule has 104 valence electrons. The minimum absolute atomic E-state index is 0.329. The second-order valence-electron chi connectivity index (χ2n) is 4.40. The molecule has 5 nitrogen and oxygen atoms in total. The third kappa shape index (κ3) is 4.33. The largest absolute Gasteiger partial charge is 0.326 e. The molecule has 1 aromatic heterocycles. The van der Waals surface area contributed by atoms with E-state index in [1.165, 1.54) is 11.3 Å². The number of nitrogens with two attached hydrogens (primary N) is 1. The number of hydrogen-bond acceptors (Lipinski definition) is 5. The van der Waals surface area contributed by atoms with Crippen LogP contribution in [0.25, 0.3) is 0 Å². The van der Waals surface area contributed by atoms with Gasteiger partial charge in [-0.2, -0.15) is 0 Å². The fraction of sp³-hybridized carbons (Fsp3) is 0.636. The molecule has 3 N–H and O–H groups in total. The van der Waals surface area contributed by atoms with Crippen molar-refractivity contribution in [3.8, 4) is 0 Å². The summed E-state index contributed by atoms with van der Waals surface area (Å²) >= 11 is 1.22. The van der Waals surface area contributed by atoms with Crippen LogP contribution in [0.2, 0.25) is 0 Å². The Balaban J connectivity index is 2.55. The lowest BCUT2D eigenvalue weighted by molar-refractivity contribution is 0.278. The summed E-state index contributed by atoms with van der Waals surface area (Å²) in [5.74, 6) is 0. The van der Waals surface area contributed by atoms with E-state index in [1.54, 1.807) is 12.1 Å². The van der Waals surface area contributed by atoms with Crippen LogP contribution in [0.1, 0.15) is 18.7 Å². The first-order valence-electron chi connectivity index (χ1n) is 5.85. The van der Waals surface area contributed by atoms with Crippen LogP contribution < -0.4 is 10.5 Å². The van der Waals surface area contributed by atoms with Crippen molar-refractivity contribution >= 4 is 21.4 Å². The first kappa shape index (κ1) is 15.6. The molecule has 1 aromatic rings. The summed E-state index contributed by atoms with van der Waals surface area (Å²) in [6.07, 6.45) is 0. The van der Waals surface area contributed by atoms with E-state index in [4.69, 9.17) is 5.73 Å². The number of thiophene rings is 1. The molecule has 0 spiro atoms. The summed E-state index contributed by atoms with van der Waals surface area (Å²) in [5.41, 5.74) is 5.47. The first-order valence-corrected chi connectivity index (χ1v) is 8.15. The van der Waals surface area contributed by atoms with Crippen molar-refractivity contribution < 1.29 is 8.42 Å². The van der Waals surface area contributed by atoms with Crippen LogP contribution in [0.15, 0.2) is 16.3 Å². The average molecular weight is 291 g/mol. The summed E-state index contributed by atoms with van der Waals surface area (Å²) in [4.78, 5) is 2.96. The van der Waals surface area contributed by atoms with E-state index >= 15 is 0 Å². The number of likely N-dealkylation sites (N-methyl/N-ethyl adjacent to an activating group) is 1. The fourth-order valence-corrected chi connectivity index (χ4v) is 3.60. The first-order chi connectivity index (χ1) is 8.36. The molecule has 1 heterocycles. The standard InChI is InChI=1S/C11H21N3O2S2/c1-9(2)14(3)7-6-13-18(15,16)11-5-4-10(8-12)17-11/h4-5,9,13H,6-8,12H2,1-3H3. The average Bonchev–Trinajstić information content (AvgIpc) is 2.77. The van der Waals surface area contributed by atoms with Gasteiger partial charge in [0.2, 0.25) is 10.0 Å². The van der Waals surface area contributed by atoms with Gasteiger partial charge in [0, 0.05) is 30.6 Å². The molecule has 0 saturated carbocycles. The van der Waals surface area contributed by atoms with E-state index in [0.717, 1.165) is 4.88 Å². The summed E-state index contributed by atoms with van der Waals surface area (Å²) in [5, 5.41) is 0. The van der Waals surface area contributed by atoms with Gasteiger partial charge in [0.25, 0.3) is 0 Å². The lowest BCUT2D eigenvalue weighted by Gasteiger charge is -2.20. The Bertz CT molecular complexity index is 468. The molecular formula is C11H21N3O2S2. The van der Waals surface area contributed by atoms with Gasteiger partial charge in [0.05, 0.1) is 0 Å². The normalized spacial score (nSPS) is 12.6. The van der Waals surface area contributed by atoms with Gasteiger partial charge < -0.3 is 10.6 Å². The number of sulfonamides is 1. The molecule has 18 heavy (non-hydrogen) atoms. The maximum atomic E-state index is 12.0. The van der Waals surface area contributed by atoms with Crippen molar-refractivity contribution in [2.24, 2.45) is 5.73 Å². The van der Waals surface area contributed by atoms with Gasteiger partial charge >= 0.3 is 0 Å². The quantitative estimate of drug-likeness (QED) is 0.780. The highest BCUT2D eigenvalue weighted by Gasteiger charge is 2.16. The minimum Gasteiger partial charge on any atom is -0.326 e. The molecule has 7 heteroatoms. The third-order valence-corrected chi connectivity index (χ3v) is 5.80. The summed E-state index contributed by atoms with van der Waals surface area (Å²) in [6, 6.07) is 3.75. The molecule has 0 fully saturated rings. The minimum atomic E-state index is -3.38. The van der Waals surface area contributed by atoms with Crippen LogP contribution in [0.3, 0.4) is 0 Å². The van der Waals surface area contributed by atoms with Gasteiger partial charge in [-0.3, -0.25) is 0 Å². The topological polar surface area (TPSA) is 75.4 Å². The van der Waals surface area contributed by atoms with E-state index in [2.05, 4.69) is 23.5 Å². The smallest absolute Gasteiger partial charge is 0.250 e. The molecular weight excluding hydrogens is 270 g/mol. The van der Waals surface area contributed by atoms with Crippen LogP contribution in [-0.4, -0.2) is 39.5 Å². The van der Waals surface area contributed by atoms with Crippen LogP contribution in [-0.2, 0) is 16.6 Å². The molecule has 0 aliphatic carbocycles. The van der Waals surface area contributed by atoms with Crippen molar-refractivity contribution in [1.29, 1.82) is 0 Å². The van der Waals surface area contributed by atoms with E-state index in [1.807, 2.05) is 7.05 Å². The lowest BCUT2D eigenvalue weighted by atomic mass is 10.3. The van der Waals surface area contributed by atoms with Crippen LogP contribution in [0, 0.1) is 0 Å². The van der Waals surface area contributed by atoms with E-state index in [9.17, 15) is 8.42 Å². The van der Waals surface area contributed by atoms with E-state index in [-0.39, 0.29) is 0 Å². The molecule has 0 radical (unpaired) electrons. The van der Waals surface area contributed by atoms with Gasteiger partial charge in [-0.1, -0.05) is 0 Å². The molecule has 0 amide bonds. The molecule has 0 aliphatic rings. The maximum Gasteiger partial charge on any atom is 0.250 e. The van der Waals surface area contributed by atoms with Gasteiger partial charge in [-0.15, -0.1) is 11.3 Å². The molecule has 0 saturated heterocycles. The fourth-order valence-electron chi connectivity index (χ4n) is 1.30. The molecule has 0 unspecified atom stereocenters. The Morgan fingerprint density at radius 3 is 2.61 bits per heavy atom. The van der Waals surface area contributed by atoms with Crippen molar-refractivity contribution in [2.45, 2.75) is 30.6 Å². The summed E-state index contributed by atoms with van der Waals surface area (Å²) < 4.78 is 26.8. The van der Waals surface area contributed by atoms with Gasteiger partial charge in [-0.05, 0) is 33.0 Å². The predicted octanol–water partition coefficient (Wildman–Crippen LogP) is 0.825. The molecule has 0 bridgehead atoms. The summed E-state index contributed by atoms with van der Waals surface area (Å²) in [6.45, 7) is 5.61. The Morgan fingerprint density at radius 2 is 2.11 bits per heavy atom. The van der Waals surface area contributed by atoms with Crippen molar-refractivity contribution in [3.05, 3.63) is 17.0 Å². The number of rotatable bonds is 7. The molecule has 0 atom stereocenters. The van der Waals surface area contributed by atoms with E-state index < -0.39 is 10.0 Å². The Kier molecular flexibility index (Phi) is 5.74. The predicted molar refractivity (Wildman–Crippen MR) is 75.2 cm³/mol. The van der Waals surface area contributed by atoms with E-state index in [0.29, 0.717) is 29.9 Å². The van der Waals surface area contributed by atoms with Gasteiger partial charge in [0.15, 0.2) is 0 Å². The Labute approximate surface area is 113 Å². The van der Waals surface area contributed by atoms with Crippen molar-refractivity contribution in [1.82, 2.24) is 9.62 Å². The Hall–Kier alpha value is -0.470. The van der Waals surface area contributed by atoms with Crippen LogP contribution in [0.5, 0.6) is 0 Å². The highest BCUT2D eigenvalue weighted by Crippen LogP contribution is 2.20. The number of nitrogens with one attached hydrogen (secondary N) is 1. The van der Waals surface area contributed by atoms with Crippen LogP contribution in [0.4, 0.5) is 0 Å². The second-order valence-corrected chi connectivity index (χ2v) is 7.56. The molecule has 1 rings (SSSR count). The van der Waals surface area contributed by atoms with Crippen molar-refractivity contribution in [2.75, 3.05) is 20.1 Å². The SMILES string of the molecule is CC(C)N(C)CCNS(=O)(=O)c1ccc(CN)s1. The highest BCUT2D eigenvalue weighted by atomic mass is 32.2.